The summed E-state index contributed by atoms with van der Waals surface area (Å²) >= 11 is 1.32. The SMILES string of the molecule is C=CCn1c(SCC(=O)NCc2ccco2)nnc1-c1ccccn1. The smallest absolute Gasteiger partial charge is 0.230 e. The van der Waals surface area contributed by atoms with Gasteiger partial charge in [-0.25, -0.2) is 0 Å². The van der Waals surface area contributed by atoms with Crippen LogP contribution in [0.3, 0.4) is 0 Å². The van der Waals surface area contributed by atoms with E-state index in [0.29, 0.717) is 29.8 Å². The molecule has 0 spiro atoms. The van der Waals surface area contributed by atoms with Crippen LogP contribution in [0.2, 0.25) is 0 Å². The van der Waals surface area contributed by atoms with Crippen molar-refractivity contribution < 1.29 is 9.21 Å². The Morgan fingerprint density at radius 2 is 2.24 bits per heavy atom. The second-order valence-corrected chi connectivity index (χ2v) is 6.01. The standard InChI is InChI=1S/C17H17N5O2S/c1-2-9-22-16(14-7-3-4-8-18-14)20-21-17(22)25-12-15(23)19-11-13-6-5-10-24-13/h2-8,10H,1,9,11-12H2,(H,19,23). The molecule has 7 nitrogen and oxygen atoms in total. The van der Waals surface area contributed by atoms with Crippen molar-refractivity contribution in [1.82, 2.24) is 25.1 Å². The van der Waals surface area contributed by atoms with E-state index in [2.05, 4.69) is 27.1 Å². The molecule has 0 saturated carbocycles. The average molecular weight is 355 g/mol. The Balaban J connectivity index is 1.64. The predicted molar refractivity (Wildman–Crippen MR) is 94.7 cm³/mol. The first kappa shape index (κ1) is 17.0. The van der Waals surface area contributed by atoms with Crippen LogP contribution in [0.4, 0.5) is 0 Å². The van der Waals surface area contributed by atoms with Gasteiger partial charge < -0.3 is 9.73 Å². The molecule has 0 aliphatic carbocycles. The van der Waals surface area contributed by atoms with Crippen molar-refractivity contribution in [3.8, 4) is 11.5 Å². The van der Waals surface area contributed by atoms with E-state index in [1.54, 1.807) is 24.6 Å². The molecule has 0 radical (unpaired) electrons. The first-order valence-electron chi connectivity index (χ1n) is 7.65. The number of carbonyl (C=O) groups is 1. The van der Waals surface area contributed by atoms with Crippen LogP contribution in [-0.2, 0) is 17.9 Å². The fourth-order valence-corrected chi connectivity index (χ4v) is 2.93. The normalized spacial score (nSPS) is 10.6. The van der Waals surface area contributed by atoms with E-state index in [1.165, 1.54) is 11.8 Å². The molecule has 25 heavy (non-hydrogen) atoms. The van der Waals surface area contributed by atoms with Crippen LogP contribution >= 0.6 is 11.8 Å². The van der Waals surface area contributed by atoms with E-state index in [1.807, 2.05) is 28.8 Å². The maximum atomic E-state index is 12.0. The van der Waals surface area contributed by atoms with Gasteiger partial charge in [0.25, 0.3) is 0 Å². The Kier molecular flexibility index (Phi) is 5.63. The third kappa shape index (κ3) is 4.36. The lowest BCUT2D eigenvalue weighted by Crippen LogP contribution is -2.24. The molecule has 8 heteroatoms. The fraction of sp³-hybridized carbons (Fsp3) is 0.176. The summed E-state index contributed by atoms with van der Waals surface area (Å²) in [5, 5.41) is 11.8. The zero-order valence-corrected chi connectivity index (χ0v) is 14.3. The highest BCUT2D eigenvalue weighted by Gasteiger charge is 2.15. The lowest BCUT2D eigenvalue weighted by atomic mass is 10.3. The number of nitrogens with zero attached hydrogens (tertiary/aromatic N) is 4. The van der Waals surface area contributed by atoms with Gasteiger partial charge in [0.1, 0.15) is 11.5 Å². The molecule has 3 rings (SSSR count). The minimum absolute atomic E-state index is 0.103. The Morgan fingerprint density at radius 3 is 2.96 bits per heavy atom. The van der Waals surface area contributed by atoms with Crippen molar-refractivity contribution in [3.63, 3.8) is 0 Å². The highest BCUT2D eigenvalue weighted by molar-refractivity contribution is 7.99. The summed E-state index contributed by atoms with van der Waals surface area (Å²) in [7, 11) is 0. The van der Waals surface area contributed by atoms with Crippen molar-refractivity contribution in [2.24, 2.45) is 0 Å². The van der Waals surface area contributed by atoms with Crippen LogP contribution < -0.4 is 5.32 Å². The summed E-state index contributed by atoms with van der Waals surface area (Å²) in [5.74, 6) is 1.50. The second kappa shape index (κ2) is 8.29. The van der Waals surface area contributed by atoms with E-state index in [0.717, 1.165) is 5.69 Å². The van der Waals surface area contributed by atoms with Gasteiger partial charge in [0.15, 0.2) is 11.0 Å². The van der Waals surface area contributed by atoms with Crippen molar-refractivity contribution >= 4 is 17.7 Å². The monoisotopic (exact) mass is 355 g/mol. The zero-order valence-electron chi connectivity index (χ0n) is 13.5. The molecule has 0 aliphatic rings. The Morgan fingerprint density at radius 1 is 1.32 bits per heavy atom. The highest BCUT2D eigenvalue weighted by atomic mass is 32.2. The summed E-state index contributed by atoms with van der Waals surface area (Å²) in [6, 6.07) is 9.20. The van der Waals surface area contributed by atoms with E-state index in [-0.39, 0.29) is 11.7 Å². The minimum atomic E-state index is -0.103. The molecule has 0 aromatic carbocycles. The summed E-state index contributed by atoms with van der Waals surface area (Å²) in [6.07, 6.45) is 5.04. The molecule has 0 fully saturated rings. The molecule has 1 amide bonds. The van der Waals surface area contributed by atoms with Gasteiger partial charge in [-0.15, -0.1) is 16.8 Å². The Labute approximate surface area is 149 Å². The van der Waals surface area contributed by atoms with Gasteiger partial charge in [-0.3, -0.25) is 14.3 Å². The summed E-state index contributed by atoms with van der Waals surface area (Å²) in [5.41, 5.74) is 0.728. The van der Waals surface area contributed by atoms with Crippen LogP contribution in [-0.4, -0.2) is 31.4 Å². The van der Waals surface area contributed by atoms with Gasteiger partial charge in [0, 0.05) is 12.7 Å². The number of aromatic nitrogens is 4. The molecule has 0 aliphatic heterocycles. The van der Waals surface area contributed by atoms with Gasteiger partial charge in [0.2, 0.25) is 5.91 Å². The lowest BCUT2D eigenvalue weighted by Gasteiger charge is -2.07. The van der Waals surface area contributed by atoms with Gasteiger partial charge in [-0.05, 0) is 24.3 Å². The Hall–Kier alpha value is -2.87. The number of amides is 1. The lowest BCUT2D eigenvalue weighted by molar-refractivity contribution is -0.118. The van der Waals surface area contributed by atoms with Gasteiger partial charge in [-0.2, -0.15) is 0 Å². The largest absolute Gasteiger partial charge is 0.467 e. The Bertz CT molecular complexity index is 830. The molecule has 1 N–H and O–H groups in total. The fourth-order valence-electron chi connectivity index (χ4n) is 2.15. The van der Waals surface area contributed by atoms with Crippen LogP contribution in [0.1, 0.15) is 5.76 Å². The number of allylic oxidation sites excluding steroid dienone is 1. The number of thioether (sulfide) groups is 1. The molecular weight excluding hydrogens is 338 g/mol. The van der Waals surface area contributed by atoms with Gasteiger partial charge >= 0.3 is 0 Å². The maximum absolute atomic E-state index is 12.0. The number of hydrogen-bond donors (Lipinski definition) is 1. The average Bonchev–Trinajstić information content (AvgIpc) is 3.29. The second-order valence-electron chi connectivity index (χ2n) is 5.07. The first-order valence-corrected chi connectivity index (χ1v) is 8.64. The van der Waals surface area contributed by atoms with E-state index in [4.69, 9.17) is 4.42 Å². The molecule has 0 saturated heterocycles. The number of carbonyl (C=O) groups excluding carboxylic acids is 1. The molecule has 3 aromatic rings. The van der Waals surface area contributed by atoms with E-state index in [9.17, 15) is 4.79 Å². The van der Waals surface area contributed by atoms with E-state index < -0.39 is 0 Å². The zero-order chi connectivity index (χ0) is 17.5. The molecule has 128 valence electrons. The summed E-state index contributed by atoms with van der Waals surface area (Å²) in [4.78, 5) is 16.3. The molecule has 0 bridgehead atoms. The quantitative estimate of drug-likeness (QED) is 0.494. The van der Waals surface area contributed by atoms with Gasteiger partial charge in [-0.1, -0.05) is 23.9 Å². The van der Waals surface area contributed by atoms with Crippen molar-refractivity contribution in [3.05, 3.63) is 61.2 Å². The molecular formula is C17H17N5O2S. The first-order chi connectivity index (χ1) is 12.3. The predicted octanol–water partition coefficient (Wildman–Crippen LogP) is 2.53. The maximum Gasteiger partial charge on any atom is 0.230 e. The number of pyridine rings is 1. The molecule has 0 atom stereocenters. The highest BCUT2D eigenvalue weighted by Crippen LogP contribution is 2.22. The van der Waals surface area contributed by atoms with Crippen molar-refractivity contribution in [2.45, 2.75) is 18.2 Å². The van der Waals surface area contributed by atoms with Gasteiger partial charge in [0.05, 0.1) is 18.6 Å². The molecule has 3 heterocycles. The summed E-state index contributed by atoms with van der Waals surface area (Å²) < 4.78 is 7.07. The van der Waals surface area contributed by atoms with Crippen LogP contribution in [0.25, 0.3) is 11.5 Å². The molecule has 0 unspecified atom stereocenters. The van der Waals surface area contributed by atoms with Crippen molar-refractivity contribution in [1.29, 1.82) is 0 Å². The number of hydrogen-bond acceptors (Lipinski definition) is 6. The van der Waals surface area contributed by atoms with Crippen LogP contribution in [0.5, 0.6) is 0 Å². The topological polar surface area (TPSA) is 85.8 Å². The number of nitrogens with one attached hydrogen (secondary N) is 1. The third-order valence-corrected chi connectivity index (χ3v) is 4.26. The van der Waals surface area contributed by atoms with Crippen molar-refractivity contribution in [2.75, 3.05) is 5.75 Å². The number of furan rings is 1. The van der Waals surface area contributed by atoms with Crippen LogP contribution in [0, 0.1) is 0 Å². The number of rotatable bonds is 8. The molecule has 3 aromatic heterocycles. The van der Waals surface area contributed by atoms with E-state index >= 15 is 0 Å². The summed E-state index contributed by atoms with van der Waals surface area (Å²) in [6.45, 7) is 4.67. The van der Waals surface area contributed by atoms with Crippen LogP contribution in [0.15, 0.2) is 65.0 Å². The third-order valence-electron chi connectivity index (χ3n) is 3.29. The minimum Gasteiger partial charge on any atom is -0.467 e.